The zero-order chi connectivity index (χ0) is 13.9. The minimum atomic E-state index is -0.752. The highest BCUT2D eigenvalue weighted by Crippen LogP contribution is 2.59. The molecule has 1 saturated carbocycles. The predicted octanol–water partition coefficient (Wildman–Crippen LogP) is 2.19. The van der Waals surface area contributed by atoms with Gasteiger partial charge in [0.25, 0.3) is 0 Å². The Morgan fingerprint density at radius 2 is 1.90 bits per heavy atom. The van der Waals surface area contributed by atoms with Gasteiger partial charge in [-0.1, -0.05) is 13.8 Å². The quantitative estimate of drug-likeness (QED) is 0.748. The molecule has 5 fully saturated rings. The Labute approximate surface area is 119 Å². The molecule has 1 spiro atoms. The molecule has 0 aromatic rings. The van der Waals surface area contributed by atoms with Gasteiger partial charge in [0.2, 0.25) is 0 Å². The van der Waals surface area contributed by atoms with E-state index in [1.165, 1.54) is 6.42 Å². The van der Waals surface area contributed by atoms with Crippen molar-refractivity contribution in [3.63, 3.8) is 0 Å². The molecule has 3 unspecified atom stereocenters. The molecular formula is C15H24O5. The van der Waals surface area contributed by atoms with E-state index in [9.17, 15) is 5.11 Å². The zero-order valence-electron chi connectivity index (χ0n) is 12.2. The second kappa shape index (κ2) is 4.65. The van der Waals surface area contributed by atoms with Gasteiger partial charge in [-0.05, 0) is 37.5 Å². The molecule has 0 amide bonds. The molecule has 5 heteroatoms. The van der Waals surface area contributed by atoms with Crippen LogP contribution in [0.25, 0.3) is 0 Å². The Kier molecular flexibility index (Phi) is 3.13. The monoisotopic (exact) mass is 284 g/mol. The third-order valence-electron chi connectivity index (χ3n) is 6.05. The maximum absolute atomic E-state index is 10.3. The zero-order valence-corrected chi connectivity index (χ0v) is 12.2. The average Bonchev–Trinajstić information content (AvgIpc) is 2.72. The van der Waals surface area contributed by atoms with E-state index >= 15 is 0 Å². The van der Waals surface area contributed by atoms with E-state index in [0.29, 0.717) is 11.8 Å². The summed E-state index contributed by atoms with van der Waals surface area (Å²) in [6, 6.07) is 0. The van der Waals surface area contributed by atoms with E-state index in [4.69, 9.17) is 19.2 Å². The fraction of sp³-hybridized carbons (Fsp3) is 1.00. The third kappa shape index (κ3) is 1.61. The average molecular weight is 284 g/mol. The molecule has 0 radical (unpaired) electrons. The standard InChI is InChI=1S/C15H24O5/c1-3-9-11-5-4-8(2)10-6-7-12-17-14(18-13(9)16)15(10,11)20-19-12/h8-14,16H,3-7H2,1-2H3/t8-,9?,10?,11+,12+,13?,14+,15-/m1/s1. The molecule has 8 atom stereocenters. The van der Waals surface area contributed by atoms with Crippen LogP contribution in [0.3, 0.4) is 0 Å². The van der Waals surface area contributed by atoms with Crippen molar-refractivity contribution in [2.24, 2.45) is 23.7 Å². The minimum absolute atomic E-state index is 0.100. The second-order valence-corrected chi connectivity index (χ2v) is 6.87. The molecule has 5 rings (SSSR count). The lowest BCUT2D eigenvalue weighted by Gasteiger charge is -2.59. The molecule has 2 bridgehead atoms. The molecule has 0 aromatic heterocycles. The van der Waals surface area contributed by atoms with Crippen LogP contribution in [-0.4, -0.2) is 29.6 Å². The van der Waals surface area contributed by atoms with E-state index in [2.05, 4.69) is 13.8 Å². The van der Waals surface area contributed by atoms with Crippen molar-refractivity contribution in [3.05, 3.63) is 0 Å². The number of ether oxygens (including phenoxy) is 2. The van der Waals surface area contributed by atoms with Crippen LogP contribution in [0.2, 0.25) is 0 Å². The summed E-state index contributed by atoms with van der Waals surface area (Å²) in [6.07, 6.45) is 3.41. The fourth-order valence-electron chi connectivity index (χ4n) is 5.05. The number of rotatable bonds is 1. The summed E-state index contributed by atoms with van der Waals surface area (Å²) in [7, 11) is 0. The summed E-state index contributed by atoms with van der Waals surface area (Å²) in [5.41, 5.74) is -0.523. The van der Waals surface area contributed by atoms with E-state index in [1.807, 2.05) is 0 Å². The van der Waals surface area contributed by atoms with Crippen molar-refractivity contribution in [3.8, 4) is 0 Å². The van der Waals surface area contributed by atoms with Crippen molar-refractivity contribution >= 4 is 0 Å². The number of hydrogen-bond acceptors (Lipinski definition) is 5. The second-order valence-electron chi connectivity index (χ2n) is 6.87. The molecule has 1 aliphatic carbocycles. The largest absolute Gasteiger partial charge is 0.368 e. The molecule has 5 nitrogen and oxygen atoms in total. The highest BCUT2D eigenvalue weighted by Gasteiger charge is 2.67. The topological polar surface area (TPSA) is 57.2 Å². The van der Waals surface area contributed by atoms with Crippen molar-refractivity contribution in [1.82, 2.24) is 0 Å². The van der Waals surface area contributed by atoms with Gasteiger partial charge in [0, 0.05) is 18.3 Å². The molecule has 20 heavy (non-hydrogen) atoms. The van der Waals surface area contributed by atoms with Crippen LogP contribution in [0.5, 0.6) is 0 Å². The predicted molar refractivity (Wildman–Crippen MR) is 69.0 cm³/mol. The number of hydrogen-bond donors (Lipinski definition) is 1. The Hall–Kier alpha value is -0.200. The lowest BCUT2D eigenvalue weighted by Crippen LogP contribution is -2.69. The molecule has 5 aliphatic rings. The van der Waals surface area contributed by atoms with Crippen LogP contribution < -0.4 is 0 Å². The highest BCUT2D eigenvalue weighted by molar-refractivity contribution is 5.08. The summed E-state index contributed by atoms with van der Waals surface area (Å²) in [4.78, 5) is 11.4. The maximum atomic E-state index is 10.3. The van der Waals surface area contributed by atoms with E-state index in [0.717, 1.165) is 25.7 Å². The van der Waals surface area contributed by atoms with Gasteiger partial charge in [-0.3, -0.25) is 0 Å². The summed E-state index contributed by atoms with van der Waals surface area (Å²) in [5, 5.41) is 10.3. The molecule has 0 aromatic carbocycles. The van der Waals surface area contributed by atoms with Crippen LogP contribution >= 0.6 is 0 Å². The molecule has 4 saturated heterocycles. The number of fused-ring (bicyclic) bond motifs is 2. The van der Waals surface area contributed by atoms with Crippen molar-refractivity contribution in [1.29, 1.82) is 0 Å². The van der Waals surface area contributed by atoms with Crippen molar-refractivity contribution in [2.75, 3.05) is 0 Å². The van der Waals surface area contributed by atoms with Gasteiger partial charge in [-0.2, -0.15) is 0 Å². The first-order valence-corrected chi connectivity index (χ1v) is 8.00. The lowest BCUT2D eigenvalue weighted by molar-refractivity contribution is -0.551. The van der Waals surface area contributed by atoms with Crippen molar-refractivity contribution < 1.29 is 24.4 Å². The number of aliphatic hydroxyl groups excluding tert-OH is 1. The van der Waals surface area contributed by atoms with E-state index < -0.39 is 18.2 Å². The first-order valence-electron chi connectivity index (χ1n) is 8.00. The summed E-state index contributed by atoms with van der Waals surface area (Å²) in [6.45, 7) is 4.39. The Morgan fingerprint density at radius 3 is 2.70 bits per heavy atom. The van der Waals surface area contributed by atoms with E-state index in [-0.39, 0.29) is 18.1 Å². The van der Waals surface area contributed by atoms with Crippen LogP contribution in [0.15, 0.2) is 0 Å². The minimum Gasteiger partial charge on any atom is -0.368 e. The molecule has 4 aliphatic heterocycles. The smallest absolute Gasteiger partial charge is 0.196 e. The van der Waals surface area contributed by atoms with Gasteiger partial charge in [-0.15, -0.1) is 0 Å². The van der Waals surface area contributed by atoms with Crippen LogP contribution in [0.4, 0.5) is 0 Å². The van der Waals surface area contributed by atoms with Crippen LogP contribution in [-0.2, 0) is 19.2 Å². The van der Waals surface area contributed by atoms with Gasteiger partial charge in [0.05, 0.1) is 0 Å². The summed E-state index contributed by atoms with van der Waals surface area (Å²) in [5.74, 6) is 1.32. The van der Waals surface area contributed by atoms with Gasteiger partial charge in [-0.25, -0.2) is 9.78 Å². The normalized spacial score (nSPS) is 58.0. The molecule has 1 N–H and O–H groups in total. The number of aliphatic hydroxyl groups is 1. The molecular weight excluding hydrogens is 260 g/mol. The van der Waals surface area contributed by atoms with Gasteiger partial charge >= 0.3 is 0 Å². The van der Waals surface area contributed by atoms with Gasteiger partial charge in [0.15, 0.2) is 24.5 Å². The van der Waals surface area contributed by atoms with Gasteiger partial charge in [0.1, 0.15) is 0 Å². The van der Waals surface area contributed by atoms with Crippen LogP contribution in [0, 0.1) is 23.7 Å². The third-order valence-corrected chi connectivity index (χ3v) is 6.05. The first-order chi connectivity index (χ1) is 9.66. The van der Waals surface area contributed by atoms with E-state index in [1.54, 1.807) is 0 Å². The Morgan fingerprint density at radius 1 is 1.10 bits per heavy atom. The lowest BCUT2D eigenvalue weighted by atomic mass is 9.57. The van der Waals surface area contributed by atoms with Crippen molar-refractivity contribution in [2.45, 2.75) is 70.4 Å². The summed E-state index contributed by atoms with van der Waals surface area (Å²) >= 11 is 0. The highest BCUT2D eigenvalue weighted by atomic mass is 17.2. The Balaban J connectivity index is 1.79. The SMILES string of the molecule is CCC1C(O)O[C@@H]2O[C@@H]3CCC4[C@H](C)CC[C@@H]1[C@]42OO3. The fourth-order valence-corrected chi connectivity index (χ4v) is 5.05. The maximum Gasteiger partial charge on any atom is 0.196 e. The molecule has 4 heterocycles. The summed E-state index contributed by atoms with van der Waals surface area (Å²) < 4.78 is 11.7. The van der Waals surface area contributed by atoms with Crippen LogP contribution in [0.1, 0.15) is 46.0 Å². The molecule has 114 valence electrons. The Bertz CT molecular complexity index is 388. The first kappa shape index (κ1) is 13.5. The van der Waals surface area contributed by atoms with Gasteiger partial charge < -0.3 is 14.6 Å².